The average molecular weight is 256 g/mol. The molecule has 0 saturated carbocycles. The number of ether oxygens (including phenoxy) is 2. The van der Waals surface area contributed by atoms with Crippen molar-refractivity contribution in [1.82, 2.24) is 10.2 Å². The summed E-state index contributed by atoms with van der Waals surface area (Å²) in [5, 5.41) is 3.38. The van der Waals surface area contributed by atoms with Gasteiger partial charge in [0.05, 0.1) is 12.7 Å². The van der Waals surface area contributed by atoms with E-state index in [1.807, 2.05) is 0 Å². The second kappa shape index (κ2) is 8.10. The third kappa shape index (κ3) is 5.22. The van der Waals surface area contributed by atoms with Crippen LogP contribution in [0.25, 0.3) is 0 Å². The second-order valence-electron chi connectivity index (χ2n) is 5.63. The first-order valence-corrected chi connectivity index (χ1v) is 7.43. The molecule has 18 heavy (non-hydrogen) atoms. The Labute approximate surface area is 111 Å². The first kappa shape index (κ1) is 14.3. The zero-order chi connectivity index (χ0) is 12.6. The Kier molecular flexibility index (Phi) is 6.41. The van der Waals surface area contributed by atoms with Crippen molar-refractivity contribution in [2.75, 3.05) is 53.0 Å². The molecule has 0 aromatic heterocycles. The lowest BCUT2D eigenvalue weighted by molar-refractivity contribution is 0.0179. The van der Waals surface area contributed by atoms with Gasteiger partial charge in [-0.05, 0) is 45.2 Å². The van der Waals surface area contributed by atoms with Gasteiger partial charge in [-0.15, -0.1) is 0 Å². The van der Waals surface area contributed by atoms with E-state index in [2.05, 4.69) is 17.3 Å². The summed E-state index contributed by atoms with van der Waals surface area (Å²) in [5.74, 6) is 0.883. The Balaban J connectivity index is 1.52. The van der Waals surface area contributed by atoms with Crippen LogP contribution >= 0.6 is 0 Å². The zero-order valence-electron chi connectivity index (χ0n) is 11.7. The molecule has 0 spiro atoms. The largest absolute Gasteiger partial charge is 0.381 e. The summed E-state index contributed by atoms with van der Waals surface area (Å²) < 4.78 is 11.1. The van der Waals surface area contributed by atoms with E-state index >= 15 is 0 Å². The molecule has 0 radical (unpaired) electrons. The molecule has 4 nitrogen and oxygen atoms in total. The van der Waals surface area contributed by atoms with Crippen molar-refractivity contribution in [3.63, 3.8) is 0 Å². The smallest absolute Gasteiger partial charge is 0.0712 e. The van der Waals surface area contributed by atoms with Crippen molar-refractivity contribution in [2.24, 2.45) is 5.92 Å². The molecule has 0 aromatic carbocycles. The lowest BCUT2D eigenvalue weighted by atomic mass is 9.96. The maximum atomic E-state index is 5.72. The Morgan fingerprint density at radius 3 is 2.61 bits per heavy atom. The molecule has 0 aliphatic carbocycles. The Hall–Kier alpha value is -0.160. The van der Waals surface area contributed by atoms with Gasteiger partial charge in [0.2, 0.25) is 0 Å². The minimum Gasteiger partial charge on any atom is -0.381 e. The Morgan fingerprint density at radius 1 is 1.11 bits per heavy atom. The van der Waals surface area contributed by atoms with Crippen LogP contribution in [0.5, 0.6) is 0 Å². The van der Waals surface area contributed by atoms with Crippen LogP contribution in [-0.4, -0.2) is 64.1 Å². The maximum Gasteiger partial charge on any atom is 0.0712 e. The quantitative estimate of drug-likeness (QED) is 0.772. The normalized spacial score (nSPS) is 26.7. The fraction of sp³-hybridized carbons (Fsp3) is 1.00. The van der Waals surface area contributed by atoms with Gasteiger partial charge in [0, 0.05) is 32.8 Å². The SMILES string of the molecule is CN(CCC1CCOCC1)CCC1CNCCO1. The fourth-order valence-corrected chi connectivity index (χ4v) is 2.72. The molecule has 2 aliphatic heterocycles. The van der Waals surface area contributed by atoms with Gasteiger partial charge in [0.15, 0.2) is 0 Å². The number of rotatable bonds is 6. The molecular weight excluding hydrogens is 228 g/mol. The molecule has 4 heteroatoms. The van der Waals surface area contributed by atoms with Gasteiger partial charge in [-0.25, -0.2) is 0 Å². The van der Waals surface area contributed by atoms with Crippen LogP contribution in [-0.2, 0) is 9.47 Å². The highest BCUT2D eigenvalue weighted by atomic mass is 16.5. The molecule has 106 valence electrons. The molecule has 2 heterocycles. The predicted octanol–water partition coefficient (Wildman–Crippen LogP) is 1.11. The standard InChI is InChI=1S/C14H28N2O2/c1-16(7-2-13-4-9-17-10-5-13)8-3-14-12-15-6-11-18-14/h13-15H,2-12H2,1H3. The fourth-order valence-electron chi connectivity index (χ4n) is 2.72. The maximum absolute atomic E-state index is 5.72. The summed E-state index contributed by atoms with van der Waals surface area (Å²) >= 11 is 0. The molecule has 1 unspecified atom stereocenters. The second-order valence-corrected chi connectivity index (χ2v) is 5.63. The van der Waals surface area contributed by atoms with Gasteiger partial charge in [-0.1, -0.05) is 0 Å². The first-order valence-electron chi connectivity index (χ1n) is 7.43. The minimum absolute atomic E-state index is 0.421. The van der Waals surface area contributed by atoms with Gasteiger partial charge < -0.3 is 19.7 Å². The summed E-state index contributed by atoms with van der Waals surface area (Å²) in [6, 6.07) is 0. The summed E-state index contributed by atoms with van der Waals surface area (Å²) in [6.45, 7) is 7.20. The van der Waals surface area contributed by atoms with Crippen LogP contribution in [0.3, 0.4) is 0 Å². The lowest BCUT2D eigenvalue weighted by Gasteiger charge is -2.27. The molecule has 2 fully saturated rings. The van der Waals surface area contributed by atoms with E-state index in [1.54, 1.807) is 0 Å². The van der Waals surface area contributed by atoms with Crippen LogP contribution < -0.4 is 5.32 Å². The minimum atomic E-state index is 0.421. The number of nitrogens with zero attached hydrogens (tertiary/aromatic N) is 1. The van der Waals surface area contributed by atoms with E-state index in [0.29, 0.717) is 6.10 Å². The Bertz CT molecular complexity index is 192. The highest BCUT2D eigenvalue weighted by Crippen LogP contribution is 2.18. The molecule has 2 saturated heterocycles. The average Bonchev–Trinajstić information content (AvgIpc) is 2.45. The highest BCUT2D eigenvalue weighted by molar-refractivity contribution is 4.70. The number of hydrogen-bond donors (Lipinski definition) is 1. The summed E-state index contributed by atoms with van der Waals surface area (Å²) in [7, 11) is 2.23. The van der Waals surface area contributed by atoms with Crippen LogP contribution in [0.15, 0.2) is 0 Å². The third-order valence-corrected chi connectivity index (χ3v) is 4.10. The van der Waals surface area contributed by atoms with Gasteiger partial charge in [-0.3, -0.25) is 0 Å². The number of nitrogens with one attached hydrogen (secondary N) is 1. The van der Waals surface area contributed by atoms with Crippen LogP contribution in [0.2, 0.25) is 0 Å². The van der Waals surface area contributed by atoms with E-state index in [9.17, 15) is 0 Å². The van der Waals surface area contributed by atoms with E-state index in [-0.39, 0.29) is 0 Å². The lowest BCUT2D eigenvalue weighted by Crippen LogP contribution is -2.40. The molecule has 2 aliphatic rings. The summed E-state index contributed by atoms with van der Waals surface area (Å²) in [6.07, 6.45) is 5.40. The van der Waals surface area contributed by atoms with Crippen LogP contribution in [0.4, 0.5) is 0 Å². The van der Waals surface area contributed by atoms with Crippen molar-refractivity contribution < 1.29 is 9.47 Å². The van der Waals surface area contributed by atoms with Crippen molar-refractivity contribution in [2.45, 2.75) is 31.8 Å². The van der Waals surface area contributed by atoms with Crippen molar-refractivity contribution in [1.29, 1.82) is 0 Å². The van der Waals surface area contributed by atoms with Crippen molar-refractivity contribution >= 4 is 0 Å². The molecule has 0 bridgehead atoms. The predicted molar refractivity (Wildman–Crippen MR) is 72.9 cm³/mol. The highest BCUT2D eigenvalue weighted by Gasteiger charge is 2.16. The van der Waals surface area contributed by atoms with Gasteiger partial charge >= 0.3 is 0 Å². The van der Waals surface area contributed by atoms with Gasteiger partial charge in [0.25, 0.3) is 0 Å². The van der Waals surface area contributed by atoms with E-state index in [0.717, 1.165) is 51.8 Å². The molecule has 2 rings (SSSR count). The molecule has 0 amide bonds. The third-order valence-electron chi connectivity index (χ3n) is 4.10. The zero-order valence-corrected chi connectivity index (χ0v) is 11.7. The molecule has 0 aromatic rings. The summed E-state index contributed by atoms with van der Waals surface area (Å²) in [4.78, 5) is 2.45. The van der Waals surface area contributed by atoms with Crippen molar-refractivity contribution in [3.05, 3.63) is 0 Å². The summed E-state index contributed by atoms with van der Waals surface area (Å²) in [5.41, 5.74) is 0. The molecule has 1 N–H and O–H groups in total. The monoisotopic (exact) mass is 256 g/mol. The number of hydrogen-bond acceptors (Lipinski definition) is 4. The van der Waals surface area contributed by atoms with Gasteiger partial charge in [-0.2, -0.15) is 0 Å². The first-order chi connectivity index (χ1) is 8.84. The molecule has 1 atom stereocenters. The van der Waals surface area contributed by atoms with Crippen LogP contribution in [0.1, 0.15) is 25.7 Å². The topological polar surface area (TPSA) is 33.7 Å². The van der Waals surface area contributed by atoms with Crippen molar-refractivity contribution in [3.8, 4) is 0 Å². The molecular formula is C14H28N2O2. The number of morpholine rings is 1. The van der Waals surface area contributed by atoms with E-state index < -0.39 is 0 Å². The van der Waals surface area contributed by atoms with E-state index in [4.69, 9.17) is 9.47 Å². The Morgan fingerprint density at radius 2 is 1.89 bits per heavy atom. The van der Waals surface area contributed by atoms with Gasteiger partial charge in [0.1, 0.15) is 0 Å². The van der Waals surface area contributed by atoms with E-state index in [1.165, 1.54) is 25.8 Å². The van der Waals surface area contributed by atoms with Crippen LogP contribution in [0, 0.1) is 5.92 Å².